The number of nitrogens with one attached hydrogen (secondary N) is 1. The van der Waals surface area contributed by atoms with E-state index in [0.717, 1.165) is 29.5 Å². The molecule has 1 saturated carbocycles. The minimum Gasteiger partial charge on any atom is -0.368 e. The lowest BCUT2D eigenvalue weighted by Crippen LogP contribution is -2.53. The van der Waals surface area contributed by atoms with Crippen molar-refractivity contribution in [3.05, 3.63) is 35.9 Å². The second-order valence-corrected chi connectivity index (χ2v) is 7.10. The minimum atomic E-state index is -0.735. The summed E-state index contributed by atoms with van der Waals surface area (Å²) >= 11 is 2.00. The van der Waals surface area contributed by atoms with Gasteiger partial charge in [0.15, 0.2) is 0 Å². The molecule has 1 aromatic rings. The Labute approximate surface area is 132 Å². The van der Waals surface area contributed by atoms with E-state index in [4.69, 9.17) is 5.73 Å². The number of hydrogen-bond donors (Lipinski definition) is 2. The summed E-state index contributed by atoms with van der Waals surface area (Å²) in [5.74, 6) is 0.692. The number of amides is 1. The highest BCUT2D eigenvalue weighted by molar-refractivity contribution is 7.99. The Kier molecular flexibility index (Phi) is 6.12. The normalized spacial score (nSPS) is 18.5. The first-order chi connectivity index (χ1) is 10.2. The van der Waals surface area contributed by atoms with Crippen molar-refractivity contribution >= 4 is 17.7 Å². The summed E-state index contributed by atoms with van der Waals surface area (Å²) in [6.45, 7) is 2.75. The summed E-state index contributed by atoms with van der Waals surface area (Å²) in [5, 5.41) is 4.12. The van der Waals surface area contributed by atoms with E-state index >= 15 is 0 Å². The van der Waals surface area contributed by atoms with Gasteiger partial charge in [-0.05, 0) is 37.1 Å². The molecule has 3 nitrogen and oxygen atoms in total. The van der Waals surface area contributed by atoms with Crippen molar-refractivity contribution in [1.82, 2.24) is 5.32 Å². The predicted molar refractivity (Wildman–Crippen MR) is 90.3 cm³/mol. The summed E-state index contributed by atoms with van der Waals surface area (Å²) in [7, 11) is 0. The zero-order valence-electron chi connectivity index (χ0n) is 12.8. The fourth-order valence-electron chi connectivity index (χ4n) is 3.15. The summed E-state index contributed by atoms with van der Waals surface area (Å²) in [6, 6.07) is 9.89. The molecule has 1 atom stereocenters. The van der Waals surface area contributed by atoms with Crippen molar-refractivity contribution < 1.29 is 4.79 Å². The fourth-order valence-corrected chi connectivity index (χ4v) is 4.57. The lowest BCUT2D eigenvalue weighted by atomic mass is 9.86. The Hall–Kier alpha value is -1.00. The van der Waals surface area contributed by atoms with Crippen LogP contribution in [0.15, 0.2) is 30.3 Å². The van der Waals surface area contributed by atoms with Crippen LogP contribution in [0.1, 0.15) is 44.6 Å². The predicted octanol–water partition coefficient (Wildman–Crippen LogP) is 3.04. The first-order valence-electron chi connectivity index (χ1n) is 7.91. The number of primary amides is 1. The zero-order chi connectivity index (χ0) is 15.1. The molecule has 1 fully saturated rings. The minimum absolute atomic E-state index is 0.275. The number of benzene rings is 1. The Bertz CT molecular complexity index is 445. The van der Waals surface area contributed by atoms with Crippen molar-refractivity contribution in [2.45, 2.75) is 49.8 Å². The molecule has 0 aliphatic heterocycles. The lowest BCUT2D eigenvalue weighted by molar-refractivity contribution is -0.124. The van der Waals surface area contributed by atoms with Gasteiger partial charge in [-0.25, -0.2) is 0 Å². The third-order valence-electron chi connectivity index (χ3n) is 4.30. The maximum absolute atomic E-state index is 12.2. The molecule has 1 aliphatic carbocycles. The number of carbonyl (C=O) groups is 1. The van der Waals surface area contributed by atoms with Gasteiger partial charge in [-0.3, -0.25) is 10.1 Å². The molecular weight excluding hydrogens is 280 g/mol. The fraction of sp³-hybridized carbons (Fsp3) is 0.588. The topological polar surface area (TPSA) is 55.1 Å². The molecule has 1 unspecified atom stereocenters. The van der Waals surface area contributed by atoms with Crippen molar-refractivity contribution in [2.75, 3.05) is 12.3 Å². The molecule has 116 valence electrons. The second-order valence-electron chi connectivity index (χ2n) is 5.69. The smallest absolute Gasteiger partial charge is 0.242 e. The van der Waals surface area contributed by atoms with E-state index in [1.54, 1.807) is 0 Å². The van der Waals surface area contributed by atoms with Crippen molar-refractivity contribution in [3.8, 4) is 0 Å². The van der Waals surface area contributed by atoms with Crippen LogP contribution < -0.4 is 11.1 Å². The Morgan fingerprint density at radius 3 is 2.57 bits per heavy atom. The summed E-state index contributed by atoms with van der Waals surface area (Å²) in [4.78, 5) is 12.2. The molecule has 21 heavy (non-hydrogen) atoms. The molecule has 4 heteroatoms. The number of thioether (sulfide) groups is 1. The van der Waals surface area contributed by atoms with Gasteiger partial charge in [0.05, 0.1) is 0 Å². The monoisotopic (exact) mass is 306 g/mol. The highest BCUT2D eigenvalue weighted by atomic mass is 32.2. The summed E-state index contributed by atoms with van der Waals surface area (Å²) in [5.41, 5.74) is 6.02. The van der Waals surface area contributed by atoms with Crippen LogP contribution in [0, 0.1) is 0 Å². The molecular formula is C17H26N2OS. The van der Waals surface area contributed by atoms with Gasteiger partial charge in [0.2, 0.25) is 5.91 Å². The molecule has 0 aromatic heterocycles. The summed E-state index contributed by atoms with van der Waals surface area (Å²) < 4.78 is 0. The van der Waals surface area contributed by atoms with E-state index in [1.165, 1.54) is 25.7 Å². The quantitative estimate of drug-likeness (QED) is 0.776. The van der Waals surface area contributed by atoms with Crippen LogP contribution in [0.2, 0.25) is 0 Å². The largest absolute Gasteiger partial charge is 0.368 e. The van der Waals surface area contributed by atoms with E-state index in [-0.39, 0.29) is 5.91 Å². The van der Waals surface area contributed by atoms with Gasteiger partial charge in [-0.15, -0.1) is 0 Å². The summed E-state index contributed by atoms with van der Waals surface area (Å²) in [6.07, 6.45) is 6.10. The van der Waals surface area contributed by atoms with Crippen LogP contribution >= 0.6 is 11.8 Å². The third-order valence-corrected chi connectivity index (χ3v) is 5.68. The van der Waals surface area contributed by atoms with Gasteiger partial charge >= 0.3 is 0 Å². The maximum atomic E-state index is 12.2. The van der Waals surface area contributed by atoms with Crippen molar-refractivity contribution in [2.24, 2.45) is 5.73 Å². The second kappa shape index (κ2) is 7.85. The van der Waals surface area contributed by atoms with E-state index in [1.807, 2.05) is 49.0 Å². The van der Waals surface area contributed by atoms with Gasteiger partial charge in [-0.2, -0.15) is 11.8 Å². The molecule has 2 rings (SSSR count). The van der Waals surface area contributed by atoms with Crippen LogP contribution in [0.25, 0.3) is 0 Å². The standard InChI is InChI=1S/C17H26N2OS/c1-2-19-17(16(18)20,14-8-4-3-5-9-14)12-13-21-15-10-6-7-11-15/h3-5,8-9,15,19H,2,6-7,10-13H2,1H3,(H2,18,20). The molecule has 1 aliphatic rings. The maximum Gasteiger partial charge on any atom is 0.242 e. The first kappa shape index (κ1) is 16.4. The number of carbonyl (C=O) groups excluding carboxylic acids is 1. The van der Waals surface area contributed by atoms with Crippen molar-refractivity contribution in [3.63, 3.8) is 0 Å². The number of hydrogen-bond acceptors (Lipinski definition) is 3. The number of likely N-dealkylation sites (N-methyl/N-ethyl adjacent to an activating group) is 1. The van der Waals surface area contributed by atoms with E-state index in [0.29, 0.717) is 0 Å². The highest BCUT2D eigenvalue weighted by Gasteiger charge is 2.37. The Balaban J connectivity index is 2.09. The molecule has 0 heterocycles. The van der Waals surface area contributed by atoms with Gasteiger partial charge in [0, 0.05) is 5.25 Å². The van der Waals surface area contributed by atoms with Gasteiger partial charge in [0.25, 0.3) is 0 Å². The SMILES string of the molecule is CCNC(CCSC1CCCC1)(C(N)=O)c1ccccc1. The van der Waals surface area contributed by atoms with Gasteiger partial charge < -0.3 is 5.73 Å². The van der Waals surface area contributed by atoms with Crippen LogP contribution in [0.5, 0.6) is 0 Å². The molecule has 0 bridgehead atoms. The van der Waals surface area contributed by atoms with E-state index < -0.39 is 5.54 Å². The number of rotatable bonds is 8. The molecule has 3 N–H and O–H groups in total. The Morgan fingerprint density at radius 1 is 1.33 bits per heavy atom. The molecule has 0 radical (unpaired) electrons. The average Bonchev–Trinajstić information content (AvgIpc) is 3.00. The zero-order valence-corrected chi connectivity index (χ0v) is 13.6. The van der Waals surface area contributed by atoms with Crippen molar-refractivity contribution in [1.29, 1.82) is 0 Å². The van der Waals surface area contributed by atoms with E-state index in [2.05, 4.69) is 5.32 Å². The van der Waals surface area contributed by atoms with Gasteiger partial charge in [0.1, 0.15) is 5.54 Å². The van der Waals surface area contributed by atoms with E-state index in [9.17, 15) is 4.79 Å². The van der Waals surface area contributed by atoms with Crippen LogP contribution in [0.4, 0.5) is 0 Å². The molecule has 0 saturated heterocycles. The average molecular weight is 306 g/mol. The number of nitrogens with two attached hydrogens (primary N) is 1. The Morgan fingerprint density at radius 2 is 2.00 bits per heavy atom. The molecule has 1 amide bonds. The first-order valence-corrected chi connectivity index (χ1v) is 8.96. The van der Waals surface area contributed by atoms with Gasteiger partial charge in [-0.1, -0.05) is 50.1 Å². The third kappa shape index (κ3) is 4.01. The molecule has 0 spiro atoms. The van der Waals surface area contributed by atoms with Crippen LogP contribution in [0.3, 0.4) is 0 Å². The lowest BCUT2D eigenvalue weighted by Gasteiger charge is -2.32. The van der Waals surface area contributed by atoms with Crippen LogP contribution in [-0.4, -0.2) is 23.5 Å². The molecule has 1 aromatic carbocycles. The highest BCUT2D eigenvalue weighted by Crippen LogP contribution is 2.33. The van der Waals surface area contributed by atoms with Crippen LogP contribution in [-0.2, 0) is 10.3 Å².